The monoisotopic (exact) mass is 420 g/mol. The van der Waals surface area contributed by atoms with Crippen LogP contribution in [0.5, 0.6) is 0 Å². The average molecular weight is 421 g/mol. The van der Waals surface area contributed by atoms with Crippen LogP contribution < -0.4 is 0 Å². The minimum atomic E-state index is 0.312. The van der Waals surface area contributed by atoms with Crippen LogP contribution in [-0.4, -0.2) is 32.4 Å². The van der Waals surface area contributed by atoms with Gasteiger partial charge >= 0.3 is 0 Å². The molecule has 1 aliphatic rings. The number of rotatable bonds is 6. The molecule has 0 N–H and O–H groups in total. The molecule has 1 heterocycles. The van der Waals surface area contributed by atoms with Gasteiger partial charge in [-0.2, -0.15) is 0 Å². The van der Waals surface area contributed by atoms with Gasteiger partial charge in [0.25, 0.3) is 0 Å². The number of benzene rings is 1. The van der Waals surface area contributed by atoms with Gasteiger partial charge in [0, 0.05) is 18.1 Å². The lowest BCUT2D eigenvalue weighted by Crippen LogP contribution is -2.47. The smallest absolute Gasteiger partial charge is 0.169 e. The molecule has 0 unspecified atom stereocenters. The summed E-state index contributed by atoms with van der Waals surface area (Å²) in [5.41, 5.74) is 2.68. The lowest BCUT2D eigenvalue weighted by molar-refractivity contribution is 0.260. The Balaban J connectivity index is 2.36. The van der Waals surface area contributed by atoms with Gasteiger partial charge in [0.15, 0.2) is 5.17 Å². The molecule has 0 aliphatic carbocycles. The summed E-state index contributed by atoms with van der Waals surface area (Å²) in [5, 5.41) is 1.05. The SMILES string of the molecule is C/C=C/CSC(=S)N1CC(CC)(CC)CSC1=Nc1ccccc1C(C)C. The van der Waals surface area contributed by atoms with E-state index < -0.39 is 0 Å². The highest BCUT2D eigenvalue weighted by atomic mass is 32.2. The predicted octanol–water partition coefficient (Wildman–Crippen LogP) is 7.25. The van der Waals surface area contributed by atoms with E-state index in [9.17, 15) is 0 Å². The van der Waals surface area contributed by atoms with Gasteiger partial charge < -0.3 is 4.90 Å². The van der Waals surface area contributed by atoms with Crippen LogP contribution in [0.2, 0.25) is 0 Å². The van der Waals surface area contributed by atoms with Gasteiger partial charge in [0.05, 0.1) is 5.69 Å². The van der Waals surface area contributed by atoms with E-state index in [2.05, 4.69) is 75.9 Å². The fraction of sp³-hybridized carbons (Fsp3) is 0.545. The van der Waals surface area contributed by atoms with Crippen LogP contribution in [0.25, 0.3) is 0 Å². The number of hydrogen-bond donors (Lipinski definition) is 0. The molecule has 2 rings (SSSR count). The lowest BCUT2D eigenvalue weighted by Gasteiger charge is -2.42. The number of para-hydroxylation sites is 1. The molecular formula is C22H32N2S3. The molecule has 0 aromatic heterocycles. The zero-order valence-corrected chi connectivity index (χ0v) is 19.6. The highest BCUT2D eigenvalue weighted by Gasteiger charge is 2.37. The standard InChI is InChI=1S/C22H32N2S3/c1-6-9-14-26-21(25)24-15-22(7-2,8-3)16-27-20(24)23-19-13-11-10-12-18(19)17(4)5/h6,9-13,17H,7-8,14-16H2,1-5H3/b9-6+,23-20?. The van der Waals surface area contributed by atoms with Gasteiger partial charge in [-0.05, 0) is 42.7 Å². The summed E-state index contributed by atoms with van der Waals surface area (Å²) in [6, 6.07) is 8.48. The molecule has 0 saturated carbocycles. The Bertz CT molecular complexity index is 691. The average Bonchev–Trinajstić information content (AvgIpc) is 2.69. The zero-order valence-electron chi connectivity index (χ0n) is 17.2. The van der Waals surface area contributed by atoms with E-state index in [1.807, 2.05) is 11.8 Å². The molecule has 1 saturated heterocycles. The third-order valence-corrected chi connectivity index (χ3v) is 7.99. The normalized spacial score (nSPS) is 18.6. The molecular weight excluding hydrogens is 388 g/mol. The quantitative estimate of drug-likeness (QED) is 0.355. The van der Waals surface area contributed by atoms with Crippen LogP contribution in [-0.2, 0) is 0 Å². The van der Waals surface area contributed by atoms with E-state index in [1.165, 1.54) is 18.4 Å². The van der Waals surface area contributed by atoms with Crippen LogP contribution >= 0.6 is 35.7 Å². The van der Waals surface area contributed by atoms with E-state index in [0.717, 1.165) is 33.2 Å². The van der Waals surface area contributed by atoms with E-state index in [1.54, 1.807) is 11.8 Å². The number of aliphatic imine (C=N–C) groups is 1. The molecule has 1 fully saturated rings. The fourth-order valence-corrected chi connectivity index (χ4v) is 5.75. The molecule has 1 aromatic carbocycles. The fourth-order valence-electron chi connectivity index (χ4n) is 3.13. The van der Waals surface area contributed by atoms with Gasteiger partial charge in [-0.25, -0.2) is 4.99 Å². The Morgan fingerprint density at radius 1 is 1.33 bits per heavy atom. The maximum atomic E-state index is 5.82. The summed E-state index contributed by atoms with van der Waals surface area (Å²) in [6.45, 7) is 12.1. The minimum Gasteiger partial charge on any atom is -0.306 e. The van der Waals surface area contributed by atoms with E-state index in [4.69, 9.17) is 17.2 Å². The van der Waals surface area contributed by atoms with Crippen molar-refractivity contribution >= 4 is 50.9 Å². The summed E-state index contributed by atoms with van der Waals surface area (Å²) >= 11 is 9.42. The summed E-state index contributed by atoms with van der Waals surface area (Å²) < 4.78 is 0.937. The molecule has 27 heavy (non-hydrogen) atoms. The molecule has 1 aromatic rings. The van der Waals surface area contributed by atoms with Gasteiger partial charge in [-0.3, -0.25) is 0 Å². The van der Waals surface area contributed by atoms with E-state index >= 15 is 0 Å². The van der Waals surface area contributed by atoms with Crippen molar-refractivity contribution in [1.82, 2.24) is 4.90 Å². The predicted molar refractivity (Wildman–Crippen MR) is 130 cm³/mol. The first kappa shape index (κ1) is 22.5. The minimum absolute atomic E-state index is 0.312. The van der Waals surface area contributed by atoms with Crippen molar-refractivity contribution in [2.75, 3.05) is 18.1 Å². The Morgan fingerprint density at radius 2 is 2.04 bits per heavy atom. The summed E-state index contributed by atoms with van der Waals surface area (Å²) in [7, 11) is 0. The molecule has 0 amide bonds. The number of amidine groups is 1. The third kappa shape index (κ3) is 5.85. The lowest BCUT2D eigenvalue weighted by atomic mass is 9.84. The second kappa shape index (κ2) is 10.7. The number of thiocarbonyl (C=S) groups is 1. The van der Waals surface area contributed by atoms with Gasteiger partial charge in [-0.1, -0.05) is 93.8 Å². The topological polar surface area (TPSA) is 15.6 Å². The zero-order chi connectivity index (χ0) is 19.9. The maximum Gasteiger partial charge on any atom is 0.169 e. The molecule has 0 bridgehead atoms. The Hall–Kier alpha value is -0.780. The molecule has 5 heteroatoms. The van der Waals surface area contributed by atoms with Crippen molar-refractivity contribution in [3.05, 3.63) is 42.0 Å². The van der Waals surface area contributed by atoms with E-state index in [0.29, 0.717) is 11.3 Å². The van der Waals surface area contributed by atoms with Crippen molar-refractivity contribution in [2.45, 2.75) is 53.4 Å². The maximum absolute atomic E-state index is 5.82. The molecule has 0 radical (unpaired) electrons. The molecule has 2 nitrogen and oxygen atoms in total. The molecule has 0 spiro atoms. The van der Waals surface area contributed by atoms with Crippen molar-refractivity contribution in [3.63, 3.8) is 0 Å². The third-order valence-electron chi connectivity index (χ3n) is 5.27. The van der Waals surface area contributed by atoms with Crippen LogP contribution in [0.1, 0.15) is 58.9 Å². The Labute approximate surface area is 179 Å². The van der Waals surface area contributed by atoms with Crippen LogP contribution in [0.4, 0.5) is 5.69 Å². The highest BCUT2D eigenvalue weighted by molar-refractivity contribution is 8.23. The molecule has 148 valence electrons. The van der Waals surface area contributed by atoms with Crippen molar-refractivity contribution in [3.8, 4) is 0 Å². The first-order chi connectivity index (χ1) is 13.0. The van der Waals surface area contributed by atoms with Crippen molar-refractivity contribution in [1.29, 1.82) is 0 Å². The summed E-state index contributed by atoms with van der Waals surface area (Å²) in [4.78, 5) is 7.38. The first-order valence-electron chi connectivity index (χ1n) is 9.82. The van der Waals surface area contributed by atoms with E-state index in [-0.39, 0.29) is 0 Å². The second-order valence-corrected chi connectivity index (χ2v) is 9.93. The number of allylic oxidation sites excluding steroid dienone is 1. The molecule has 1 aliphatic heterocycles. The molecule has 0 atom stereocenters. The number of hydrogen-bond acceptors (Lipinski definition) is 4. The largest absolute Gasteiger partial charge is 0.306 e. The summed E-state index contributed by atoms with van der Waals surface area (Å²) in [5.74, 6) is 2.48. The summed E-state index contributed by atoms with van der Waals surface area (Å²) in [6.07, 6.45) is 6.58. The second-order valence-electron chi connectivity index (χ2n) is 7.34. The Kier molecular flexibility index (Phi) is 8.90. The highest BCUT2D eigenvalue weighted by Crippen LogP contribution is 2.40. The van der Waals surface area contributed by atoms with Crippen molar-refractivity contribution < 1.29 is 0 Å². The van der Waals surface area contributed by atoms with Crippen LogP contribution in [0, 0.1) is 5.41 Å². The van der Waals surface area contributed by atoms with Gasteiger partial charge in [0.2, 0.25) is 0 Å². The number of thioether (sulfide) groups is 2. The van der Waals surface area contributed by atoms with Crippen LogP contribution in [0.15, 0.2) is 41.4 Å². The van der Waals surface area contributed by atoms with Gasteiger partial charge in [-0.15, -0.1) is 0 Å². The first-order valence-corrected chi connectivity index (χ1v) is 12.2. The van der Waals surface area contributed by atoms with Gasteiger partial charge in [0.1, 0.15) is 4.32 Å². The van der Waals surface area contributed by atoms with Crippen LogP contribution in [0.3, 0.4) is 0 Å². The van der Waals surface area contributed by atoms with Crippen molar-refractivity contribution in [2.24, 2.45) is 10.4 Å². The Morgan fingerprint density at radius 3 is 2.67 bits per heavy atom. The number of nitrogens with zero attached hydrogens (tertiary/aromatic N) is 2.